The number of hydrogen-bond donors (Lipinski definition) is 0. The van der Waals surface area contributed by atoms with Gasteiger partial charge in [-0.15, -0.1) is 11.6 Å². The van der Waals surface area contributed by atoms with Gasteiger partial charge in [-0.25, -0.2) is 4.98 Å². The van der Waals surface area contributed by atoms with Gasteiger partial charge in [0.15, 0.2) is 0 Å². The summed E-state index contributed by atoms with van der Waals surface area (Å²) < 4.78 is 0. The van der Waals surface area contributed by atoms with Crippen LogP contribution in [0.25, 0.3) is 0 Å². The zero-order chi connectivity index (χ0) is 12.1. The minimum absolute atomic E-state index is 0.507. The lowest BCUT2D eigenvalue weighted by molar-refractivity contribution is 0.864. The van der Waals surface area contributed by atoms with Crippen LogP contribution in [-0.2, 0) is 12.4 Å². The van der Waals surface area contributed by atoms with E-state index in [0.29, 0.717) is 5.88 Å². The lowest BCUT2D eigenvalue weighted by Gasteiger charge is -2.17. The van der Waals surface area contributed by atoms with Gasteiger partial charge in [0, 0.05) is 25.3 Å². The van der Waals surface area contributed by atoms with Crippen LogP contribution in [0.3, 0.4) is 0 Å². The normalized spacial score (nSPS) is 10.2. The molecule has 17 heavy (non-hydrogen) atoms. The predicted octanol–water partition coefficient (Wildman–Crippen LogP) is 2.85. The molecule has 0 aliphatic heterocycles. The van der Waals surface area contributed by atoms with Gasteiger partial charge >= 0.3 is 0 Å². The Labute approximate surface area is 106 Å². The van der Waals surface area contributed by atoms with Crippen molar-refractivity contribution >= 4 is 17.4 Å². The Bertz CT molecular complexity index is 473. The molecule has 0 aliphatic rings. The van der Waals surface area contributed by atoms with E-state index in [9.17, 15) is 0 Å². The third-order valence-electron chi connectivity index (χ3n) is 2.48. The fraction of sp³-hybridized carbons (Fsp3) is 0.231. The SMILES string of the molecule is CN(Cc1ccccn1)c1cc(CCl)ccn1. The molecular formula is C13H14ClN3. The molecule has 0 spiro atoms. The predicted molar refractivity (Wildman–Crippen MR) is 70.1 cm³/mol. The van der Waals surface area contributed by atoms with Gasteiger partial charge in [0.2, 0.25) is 0 Å². The highest BCUT2D eigenvalue weighted by Crippen LogP contribution is 2.14. The van der Waals surface area contributed by atoms with Crippen LogP contribution in [0, 0.1) is 0 Å². The molecule has 3 nitrogen and oxygen atoms in total. The molecule has 88 valence electrons. The van der Waals surface area contributed by atoms with E-state index in [-0.39, 0.29) is 0 Å². The van der Waals surface area contributed by atoms with Gasteiger partial charge in [-0.05, 0) is 29.8 Å². The van der Waals surface area contributed by atoms with Crippen LogP contribution < -0.4 is 4.90 Å². The molecule has 0 aromatic carbocycles. The molecule has 4 heteroatoms. The van der Waals surface area contributed by atoms with Gasteiger partial charge in [-0.2, -0.15) is 0 Å². The van der Waals surface area contributed by atoms with Gasteiger partial charge < -0.3 is 4.90 Å². The highest BCUT2D eigenvalue weighted by molar-refractivity contribution is 6.17. The van der Waals surface area contributed by atoms with Crippen molar-refractivity contribution in [2.24, 2.45) is 0 Å². The van der Waals surface area contributed by atoms with Crippen LogP contribution in [-0.4, -0.2) is 17.0 Å². The number of nitrogens with zero attached hydrogens (tertiary/aromatic N) is 3. The Morgan fingerprint density at radius 2 is 2.06 bits per heavy atom. The average molecular weight is 248 g/mol. The second-order valence-electron chi connectivity index (χ2n) is 3.83. The van der Waals surface area contributed by atoms with Crippen molar-refractivity contribution in [3.05, 3.63) is 54.0 Å². The maximum atomic E-state index is 5.81. The average Bonchev–Trinajstić information content (AvgIpc) is 2.40. The van der Waals surface area contributed by atoms with Gasteiger partial charge in [-0.1, -0.05) is 6.07 Å². The first kappa shape index (κ1) is 11.9. The van der Waals surface area contributed by atoms with E-state index in [1.54, 1.807) is 12.4 Å². The van der Waals surface area contributed by atoms with Gasteiger partial charge in [0.25, 0.3) is 0 Å². The molecular weight excluding hydrogens is 234 g/mol. The summed E-state index contributed by atoms with van der Waals surface area (Å²) in [6.07, 6.45) is 3.58. The molecule has 0 saturated carbocycles. The van der Waals surface area contributed by atoms with E-state index in [1.165, 1.54) is 0 Å². The first-order valence-electron chi connectivity index (χ1n) is 5.41. The molecule has 2 aromatic rings. The van der Waals surface area contributed by atoms with Crippen molar-refractivity contribution in [3.63, 3.8) is 0 Å². The van der Waals surface area contributed by atoms with Gasteiger partial charge in [-0.3, -0.25) is 4.98 Å². The van der Waals surface area contributed by atoms with E-state index in [2.05, 4.69) is 14.9 Å². The number of aromatic nitrogens is 2. The lowest BCUT2D eigenvalue weighted by atomic mass is 10.3. The molecule has 2 rings (SSSR count). The summed E-state index contributed by atoms with van der Waals surface area (Å²) >= 11 is 5.81. The topological polar surface area (TPSA) is 29.0 Å². The summed E-state index contributed by atoms with van der Waals surface area (Å²) in [4.78, 5) is 10.7. The van der Waals surface area contributed by atoms with Crippen LogP contribution in [0.4, 0.5) is 5.82 Å². The quantitative estimate of drug-likeness (QED) is 0.778. The molecule has 0 N–H and O–H groups in total. The fourth-order valence-corrected chi connectivity index (χ4v) is 1.73. The van der Waals surface area contributed by atoms with Crippen LogP contribution >= 0.6 is 11.6 Å². The molecule has 0 fully saturated rings. The van der Waals surface area contributed by atoms with Gasteiger partial charge in [0.1, 0.15) is 5.82 Å². The Balaban J connectivity index is 2.11. The smallest absolute Gasteiger partial charge is 0.128 e. The van der Waals surface area contributed by atoms with Crippen LogP contribution in [0.15, 0.2) is 42.7 Å². The molecule has 2 heterocycles. The Hall–Kier alpha value is -1.61. The number of halogens is 1. The van der Waals surface area contributed by atoms with Crippen molar-refractivity contribution in [2.45, 2.75) is 12.4 Å². The number of alkyl halides is 1. The van der Waals surface area contributed by atoms with Crippen molar-refractivity contribution in [2.75, 3.05) is 11.9 Å². The third-order valence-corrected chi connectivity index (χ3v) is 2.79. The van der Waals surface area contributed by atoms with E-state index < -0.39 is 0 Å². The fourth-order valence-electron chi connectivity index (χ4n) is 1.57. The lowest BCUT2D eigenvalue weighted by Crippen LogP contribution is -2.18. The standard InChI is InChI=1S/C13H14ClN3/c1-17(10-12-4-2-3-6-15-12)13-8-11(9-14)5-7-16-13/h2-8H,9-10H2,1H3. The van der Waals surface area contributed by atoms with Crippen LogP contribution in [0.1, 0.15) is 11.3 Å². The van der Waals surface area contributed by atoms with Crippen molar-refractivity contribution in [3.8, 4) is 0 Å². The zero-order valence-electron chi connectivity index (χ0n) is 9.68. The minimum Gasteiger partial charge on any atom is -0.354 e. The summed E-state index contributed by atoms with van der Waals surface area (Å²) in [6, 6.07) is 9.82. The number of rotatable bonds is 4. The summed E-state index contributed by atoms with van der Waals surface area (Å²) in [5, 5.41) is 0. The van der Waals surface area contributed by atoms with E-state index in [0.717, 1.165) is 23.6 Å². The maximum absolute atomic E-state index is 5.81. The molecule has 0 saturated heterocycles. The molecule has 0 bridgehead atoms. The van der Waals surface area contributed by atoms with E-state index in [1.807, 2.05) is 37.4 Å². The van der Waals surface area contributed by atoms with E-state index in [4.69, 9.17) is 11.6 Å². The molecule has 0 atom stereocenters. The first-order valence-corrected chi connectivity index (χ1v) is 5.95. The molecule has 0 aliphatic carbocycles. The monoisotopic (exact) mass is 247 g/mol. The maximum Gasteiger partial charge on any atom is 0.128 e. The Morgan fingerprint density at radius 3 is 2.76 bits per heavy atom. The Kier molecular flexibility index (Phi) is 3.94. The molecule has 2 aromatic heterocycles. The summed E-state index contributed by atoms with van der Waals surface area (Å²) in [7, 11) is 2.00. The molecule has 0 unspecified atom stereocenters. The molecule has 0 radical (unpaired) electrons. The third kappa shape index (κ3) is 3.17. The summed E-state index contributed by atoms with van der Waals surface area (Å²) in [5.41, 5.74) is 2.10. The van der Waals surface area contributed by atoms with Crippen LogP contribution in [0.2, 0.25) is 0 Å². The largest absolute Gasteiger partial charge is 0.354 e. The van der Waals surface area contributed by atoms with Crippen molar-refractivity contribution in [1.82, 2.24) is 9.97 Å². The molecule has 0 amide bonds. The highest BCUT2D eigenvalue weighted by atomic mass is 35.5. The van der Waals surface area contributed by atoms with Crippen LogP contribution in [0.5, 0.6) is 0 Å². The zero-order valence-corrected chi connectivity index (χ0v) is 10.4. The first-order chi connectivity index (χ1) is 8.29. The second-order valence-corrected chi connectivity index (χ2v) is 4.10. The number of anilines is 1. The number of pyridine rings is 2. The Morgan fingerprint density at radius 1 is 1.18 bits per heavy atom. The second kappa shape index (κ2) is 5.64. The highest BCUT2D eigenvalue weighted by Gasteiger charge is 2.04. The van der Waals surface area contributed by atoms with Crippen molar-refractivity contribution in [1.29, 1.82) is 0 Å². The van der Waals surface area contributed by atoms with Gasteiger partial charge in [0.05, 0.1) is 12.2 Å². The van der Waals surface area contributed by atoms with Crippen molar-refractivity contribution < 1.29 is 0 Å². The van der Waals surface area contributed by atoms with E-state index >= 15 is 0 Å². The minimum atomic E-state index is 0.507. The summed E-state index contributed by atoms with van der Waals surface area (Å²) in [5.74, 6) is 1.42. The summed E-state index contributed by atoms with van der Waals surface area (Å²) in [6.45, 7) is 0.736. The number of hydrogen-bond acceptors (Lipinski definition) is 3.